The van der Waals surface area contributed by atoms with Gasteiger partial charge in [0.1, 0.15) is 5.82 Å². The Kier molecular flexibility index (Phi) is 5.58. The Bertz CT molecular complexity index is 735. The van der Waals surface area contributed by atoms with Gasteiger partial charge in [-0.3, -0.25) is 9.59 Å². The first kappa shape index (κ1) is 17.2. The van der Waals surface area contributed by atoms with Crippen LogP contribution in [0.5, 0.6) is 0 Å². The van der Waals surface area contributed by atoms with Crippen molar-refractivity contribution in [3.8, 4) is 0 Å². The Labute approximate surface area is 142 Å². The van der Waals surface area contributed by atoms with Crippen LogP contribution >= 0.6 is 23.2 Å². The van der Waals surface area contributed by atoms with Gasteiger partial charge in [0.15, 0.2) is 0 Å². The van der Waals surface area contributed by atoms with E-state index in [2.05, 4.69) is 0 Å². The van der Waals surface area contributed by atoms with Gasteiger partial charge in [0, 0.05) is 23.7 Å². The van der Waals surface area contributed by atoms with E-state index in [0.29, 0.717) is 10.7 Å². The van der Waals surface area contributed by atoms with Crippen LogP contribution in [0.1, 0.15) is 16.8 Å². The second-order valence-corrected chi connectivity index (χ2v) is 5.62. The highest BCUT2D eigenvalue weighted by molar-refractivity contribution is 6.37. The molecule has 2 aromatic carbocycles. The summed E-state index contributed by atoms with van der Waals surface area (Å²) in [6.45, 7) is 0.0543. The van der Waals surface area contributed by atoms with E-state index in [1.807, 2.05) is 0 Å². The Morgan fingerprint density at radius 1 is 1.09 bits per heavy atom. The van der Waals surface area contributed by atoms with Crippen molar-refractivity contribution in [2.75, 3.05) is 11.4 Å². The molecule has 0 radical (unpaired) electrons. The van der Waals surface area contributed by atoms with Crippen molar-refractivity contribution in [3.05, 3.63) is 63.9 Å². The molecule has 23 heavy (non-hydrogen) atoms. The summed E-state index contributed by atoms with van der Waals surface area (Å²) in [6, 6.07) is 9.82. The van der Waals surface area contributed by atoms with Crippen LogP contribution < -0.4 is 10.6 Å². The van der Waals surface area contributed by atoms with Crippen LogP contribution in [0.3, 0.4) is 0 Å². The first-order chi connectivity index (χ1) is 10.9. The molecule has 120 valence electrons. The molecule has 2 amide bonds. The minimum Gasteiger partial charge on any atom is -0.370 e. The zero-order valence-corrected chi connectivity index (χ0v) is 13.4. The van der Waals surface area contributed by atoms with Crippen LogP contribution in [-0.4, -0.2) is 18.4 Å². The molecule has 2 rings (SSSR count). The third kappa shape index (κ3) is 4.43. The number of hydrogen-bond donors (Lipinski definition) is 1. The number of nitrogens with zero attached hydrogens (tertiary/aromatic N) is 1. The quantitative estimate of drug-likeness (QED) is 0.890. The van der Waals surface area contributed by atoms with E-state index in [1.54, 1.807) is 0 Å². The molecule has 0 aliphatic carbocycles. The first-order valence-electron chi connectivity index (χ1n) is 6.69. The van der Waals surface area contributed by atoms with Crippen molar-refractivity contribution in [3.63, 3.8) is 0 Å². The lowest BCUT2D eigenvalue weighted by Crippen LogP contribution is -2.34. The molecule has 4 nitrogen and oxygen atoms in total. The summed E-state index contributed by atoms with van der Waals surface area (Å²) in [5.74, 6) is -1.41. The number of rotatable bonds is 5. The van der Waals surface area contributed by atoms with Gasteiger partial charge in [-0.05, 0) is 42.5 Å². The number of halogens is 3. The summed E-state index contributed by atoms with van der Waals surface area (Å²) >= 11 is 11.9. The monoisotopic (exact) mass is 354 g/mol. The fraction of sp³-hybridized carbons (Fsp3) is 0.125. The van der Waals surface area contributed by atoms with Gasteiger partial charge < -0.3 is 10.6 Å². The molecule has 0 unspecified atom stereocenters. The Hall–Kier alpha value is -2.11. The van der Waals surface area contributed by atoms with Gasteiger partial charge in [-0.15, -0.1) is 0 Å². The number of anilines is 1. The Balaban J connectivity index is 2.37. The summed E-state index contributed by atoms with van der Waals surface area (Å²) in [6.07, 6.45) is -0.0334. The first-order valence-corrected chi connectivity index (χ1v) is 7.45. The maximum atomic E-state index is 13.1. The molecule has 0 atom stereocenters. The molecule has 2 N–H and O–H groups in total. The maximum Gasteiger partial charge on any atom is 0.259 e. The van der Waals surface area contributed by atoms with Crippen molar-refractivity contribution >= 4 is 40.7 Å². The fourth-order valence-corrected chi connectivity index (χ4v) is 2.49. The van der Waals surface area contributed by atoms with Gasteiger partial charge in [0.2, 0.25) is 5.91 Å². The normalized spacial score (nSPS) is 10.4. The molecule has 0 saturated carbocycles. The average Bonchev–Trinajstić information content (AvgIpc) is 2.48. The molecule has 7 heteroatoms. The SMILES string of the molecule is NC(=O)CCN(C(=O)c1ccc(Cl)cc1Cl)c1ccc(F)cc1. The van der Waals surface area contributed by atoms with Crippen molar-refractivity contribution in [1.29, 1.82) is 0 Å². The highest BCUT2D eigenvalue weighted by atomic mass is 35.5. The number of carbonyl (C=O) groups excluding carboxylic acids is 2. The fourth-order valence-electron chi connectivity index (χ4n) is 2.00. The Morgan fingerprint density at radius 2 is 1.74 bits per heavy atom. The molecule has 0 aromatic heterocycles. The lowest BCUT2D eigenvalue weighted by Gasteiger charge is -2.23. The minimum atomic E-state index is -0.549. The molecule has 0 bridgehead atoms. The van der Waals surface area contributed by atoms with Gasteiger partial charge in [-0.1, -0.05) is 23.2 Å². The van der Waals surface area contributed by atoms with E-state index in [-0.39, 0.29) is 23.6 Å². The van der Waals surface area contributed by atoms with Crippen LogP contribution in [0.4, 0.5) is 10.1 Å². The molecular formula is C16H13Cl2FN2O2. The molecule has 0 aliphatic heterocycles. The number of primary amides is 1. The zero-order valence-electron chi connectivity index (χ0n) is 11.9. The molecule has 0 aliphatic rings. The summed E-state index contributed by atoms with van der Waals surface area (Å²) in [5.41, 5.74) is 5.81. The number of hydrogen-bond acceptors (Lipinski definition) is 2. The lowest BCUT2D eigenvalue weighted by atomic mass is 10.1. The van der Waals surface area contributed by atoms with E-state index >= 15 is 0 Å². The molecule has 0 saturated heterocycles. The number of nitrogens with two attached hydrogens (primary N) is 1. The molecular weight excluding hydrogens is 342 g/mol. The third-order valence-electron chi connectivity index (χ3n) is 3.13. The minimum absolute atomic E-state index is 0.0334. The van der Waals surface area contributed by atoms with Crippen LogP contribution in [0.15, 0.2) is 42.5 Å². The van der Waals surface area contributed by atoms with E-state index in [1.165, 1.54) is 47.4 Å². The largest absolute Gasteiger partial charge is 0.370 e. The summed E-state index contributed by atoms with van der Waals surface area (Å²) in [4.78, 5) is 25.1. The van der Waals surface area contributed by atoms with Gasteiger partial charge in [0.25, 0.3) is 5.91 Å². The smallest absolute Gasteiger partial charge is 0.259 e. The van der Waals surface area contributed by atoms with Gasteiger partial charge in [-0.25, -0.2) is 4.39 Å². The topological polar surface area (TPSA) is 63.4 Å². The summed E-state index contributed by atoms with van der Waals surface area (Å²) in [7, 11) is 0. The molecule has 0 spiro atoms. The Morgan fingerprint density at radius 3 is 2.30 bits per heavy atom. The number of carbonyl (C=O) groups is 2. The van der Waals surface area contributed by atoms with Crippen LogP contribution in [-0.2, 0) is 4.79 Å². The highest BCUT2D eigenvalue weighted by Gasteiger charge is 2.21. The number of amides is 2. The van der Waals surface area contributed by atoms with Gasteiger partial charge in [-0.2, -0.15) is 0 Å². The highest BCUT2D eigenvalue weighted by Crippen LogP contribution is 2.25. The predicted octanol–water partition coefficient (Wildman–Crippen LogP) is 3.65. The van der Waals surface area contributed by atoms with Crippen molar-refractivity contribution in [2.24, 2.45) is 5.73 Å². The second kappa shape index (κ2) is 7.44. The molecule has 2 aromatic rings. The standard InChI is InChI=1S/C16H13Cl2FN2O2/c17-10-1-6-13(14(18)9-10)16(23)21(8-7-15(20)22)12-4-2-11(19)3-5-12/h1-6,9H,7-8H2,(H2,20,22). The average molecular weight is 355 g/mol. The van der Waals surface area contributed by atoms with Crippen molar-refractivity contribution < 1.29 is 14.0 Å². The summed E-state index contributed by atoms with van der Waals surface area (Å²) < 4.78 is 13.1. The maximum absolute atomic E-state index is 13.1. The predicted molar refractivity (Wildman–Crippen MR) is 88.3 cm³/mol. The van der Waals surface area contributed by atoms with Crippen LogP contribution in [0, 0.1) is 5.82 Å². The van der Waals surface area contributed by atoms with E-state index in [9.17, 15) is 14.0 Å². The van der Waals surface area contributed by atoms with E-state index in [0.717, 1.165) is 0 Å². The molecule has 0 fully saturated rings. The zero-order chi connectivity index (χ0) is 17.0. The summed E-state index contributed by atoms with van der Waals surface area (Å²) in [5, 5.41) is 0.589. The second-order valence-electron chi connectivity index (χ2n) is 4.77. The molecule has 0 heterocycles. The van der Waals surface area contributed by atoms with E-state index in [4.69, 9.17) is 28.9 Å². The van der Waals surface area contributed by atoms with Crippen molar-refractivity contribution in [1.82, 2.24) is 0 Å². The van der Waals surface area contributed by atoms with Crippen molar-refractivity contribution in [2.45, 2.75) is 6.42 Å². The van der Waals surface area contributed by atoms with Crippen LogP contribution in [0.2, 0.25) is 10.0 Å². The van der Waals surface area contributed by atoms with Gasteiger partial charge >= 0.3 is 0 Å². The lowest BCUT2D eigenvalue weighted by molar-refractivity contribution is -0.117. The third-order valence-corrected chi connectivity index (χ3v) is 3.67. The van der Waals surface area contributed by atoms with Crippen LogP contribution in [0.25, 0.3) is 0 Å². The van der Waals surface area contributed by atoms with Gasteiger partial charge in [0.05, 0.1) is 10.6 Å². The number of benzene rings is 2. The van der Waals surface area contributed by atoms with E-state index < -0.39 is 17.6 Å².